The van der Waals surface area contributed by atoms with Gasteiger partial charge in [-0.25, -0.2) is 0 Å². The first-order valence-electron chi connectivity index (χ1n) is 4.31. The van der Waals surface area contributed by atoms with E-state index in [0.717, 1.165) is 5.56 Å². The summed E-state index contributed by atoms with van der Waals surface area (Å²) in [5, 5.41) is 9.78. The van der Waals surface area contributed by atoms with Gasteiger partial charge in [-0.3, -0.25) is 0 Å². The number of hydrogen-bond donors (Lipinski definition) is 2. The average Bonchev–Trinajstić information content (AvgIpc) is 2.19. The summed E-state index contributed by atoms with van der Waals surface area (Å²) < 4.78 is 21.6. The van der Waals surface area contributed by atoms with Crippen LogP contribution >= 0.6 is 0 Å². The van der Waals surface area contributed by atoms with Crippen LogP contribution in [0.15, 0.2) is 24.3 Å². The number of rotatable bonds is 0. The van der Waals surface area contributed by atoms with Crippen molar-refractivity contribution in [3.8, 4) is 0 Å². The molecule has 0 fully saturated rings. The Morgan fingerprint density at radius 2 is 2.00 bits per heavy atom. The normalized spacial score (nSPS) is 18.7. The maximum atomic E-state index is 10.8. The van der Waals surface area contributed by atoms with Crippen LogP contribution in [0.25, 0.3) is 6.08 Å². The second kappa shape index (κ2) is 3.52. The van der Waals surface area contributed by atoms with Crippen molar-refractivity contribution in [2.75, 3.05) is 5.73 Å². The van der Waals surface area contributed by atoms with Crippen molar-refractivity contribution in [3.05, 3.63) is 35.4 Å². The molecule has 1 aromatic carbocycles. The van der Waals surface area contributed by atoms with Crippen molar-refractivity contribution >= 4 is 26.9 Å². The molecule has 0 amide bonds. The third-order valence-electron chi connectivity index (χ3n) is 2.29. The van der Waals surface area contributed by atoms with Crippen molar-refractivity contribution in [2.45, 2.75) is 6.10 Å². The van der Waals surface area contributed by atoms with Gasteiger partial charge in [-0.05, 0) is 29.3 Å². The van der Waals surface area contributed by atoms with Crippen LogP contribution in [0, 0.1) is 0 Å². The zero-order valence-electron chi connectivity index (χ0n) is 7.71. The Hall–Kier alpha value is -1.59. The van der Waals surface area contributed by atoms with Crippen molar-refractivity contribution in [3.63, 3.8) is 0 Å². The fraction of sp³-hybridized carbons (Fsp3) is 0.100. The molecule has 0 saturated heterocycles. The van der Waals surface area contributed by atoms with Gasteiger partial charge < -0.3 is 10.8 Å². The first kappa shape index (κ1) is 9.95. The fourth-order valence-corrected chi connectivity index (χ4v) is 2.03. The molecule has 78 valence electrons. The molecule has 1 unspecified atom stereocenters. The van der Waals surface area contributed by atoms with Gasteiger partial charge >= 0.3 is 0 Å². The molecule has 0 spiro atoms. The van der Waals surface area contributed by atoms with Gasteiger partial charge in [-0.15, -0.1) is 0 Å². The SMILES string of the molecule is Nc1ccc2c(c1)C(O)C(=S(=O)=O)C=C2. The molecule has 0 bridgehead atoms. The lowest BCUT2D eigenvalue weighted by atomic mass is 9.94. The second-order valence-corrected chi connectivity index (χ2v) is 4.20. The van der Waals surface area contributed by atoms with E-state index in [4.69, 9.17) is 5.73 Å². The highest BCUT2D eigenvalue weighted by Gasteiger charge is 2.21. The lowest BCUT2D eigenvalue weighted by Crippen LogP contribution is -2.15. The van der Waals surface area contributed by atoms with E-state index in [1.807, 2.05) is 0 Å². The number of nitrogens with two attached hydrogens (primary N) is 1. The summed E-state index contributed by atoms with van der Waals surface area (Å²) in [6.45, 7) is 0. The van der Waals surface area contributed by atoms with Crippen LogP contribution in [-0.2, 0) is 10.3 Å². The quantitative estimate of drug-likeness (QED) is 0.492. The standard InChI is InChI=1S/C10H9NO3S/c11-7-3-1-6-2-4-9(15(13)14)10(12)8(6)5-7/h1-5,10,12H,11H2. The van der Waals surface area contributed by atoms with Gasteiger partial charge in [-0.1, -0.05) is 12.1 Å². The maximum Gasteiger partial charge on any atom is 0.220 e. The lowest BCUT2D eigenvalue weighted by molar-refractivity contribution is 0.250. The molecule has 4 nitrogen and oxygen atoms in total. The summed E-state index contributed by atoms with van der Waals surface area (Å²) in [4.78, 5) is -0.0342. The molecule has 5 heteroatoms. The number of benzene rings is 1. The molecule has 0 aliphatic heterocycles. The molecule has 0 saturated carbocycles. The fourth-order valence-electron chi connectivity index (χ4n) is 1.54. The predicted octanol–water partition coefficient (Wildman–Crippen LogP) is 0.381. The maximum absolute atomic E-state index is 10.8. The van der Waals surface area contributed by atoms with Crippen molar-refractivity contribution in [1.29, 1.82) is 0 Å². The number of nitrogen functional groups attached to an aromatic ring is 1. The van der Waals surface area contributed by atoms with Crippen LogP contribution in [0.1, 0.15) is 17.2 Å². The van der Waals surface area contributed by atoms with E-state index in [1.165, 1.54) is 6.08 Å². The minimum atomic E-state index is -2.41. The third-order valence-corrected chi connectivity index (χ3v) is 3.04. The molecular weight excluding hydrogens is 214 g/mol. The van der Waals surface area contributed by atoms with E-state index in [-0.39, 0.29) is 4.86 Å². The molecule has 0 radical (unpaired) electrons. The number of hydrogen-bond acceptors (Lipinski definition) is 4. The Morgan fingerprint density at radius 3 is 2.67 bits per heavy atom. The van der Waals surface area contributed by atoms with Crippen LogP contribution in [0.4, 0.5) is 5.69 Å². The van der Waals surface area contributed by atoms with E-state index in [1.54, 1.807) is 24.3 Å². The number of aliphatic hydroxyl groups excluding tert-OH is 1. The van der Waals surface area contributed by atoms with E-state index in [0.29, 0.717) is 11.3 Å². The Labute approximate surface area is 88.2 Å². The third kappa shape index (κ3) is 1.67. The highest BCUT2D eigenvalue weighted by atomic mass is 32.2. The number of aliphatic hydroxyl groups is 1. The lowest BCUT2D eigenvalue weighted by Gasteiger charge is -2.17. The van der Waals surface area contributed by atoms with Crippen LogP contribution in [0.3, 0.4) is 0 Å². The van der Waals surface area contributed by atoms with Gasteiger partial charge in [0.25, 0.3) is 0 Å². The van der Waals surface area contributed by atoms with Crippen LogP contribution in [-0.4, -0.2) is 18.4 Å². The Morgan fingerprint density at radius 1 is 1.27 bits per heavy atom. The van der Waals surface area contributed by atoms with E-state index >= 15 is 0 Å². The van der Waals surface area contributed by atoms with Crippen molar-refractivity contribution in [1.82, 2.24) is 0 Å². The van der Waals surface area contributed by atoms with Gasteiger partial charge in [0.15, 0.2) is 0 Å². The zero-order valence-corrected chi connectivity index (χ0v) is 8.53. The molecule has 0 heterocycles. The monoisotopic (exact) mass is 223 g/mol. The molecule has 1 aliphatic carbocycles. The van der Waals surface area contributed by atoms with Crippen molar-refractivity contribution in [2.24, 2.45) is 0 Å². The summed E-state index contributed by atoms with van der Waals surface area (Å²) in [7, 11) is -2.41. The number of anilines is 1. The van der Waals surface area contributed by atoms with Gasteiger partial charge in [-0.2, -0.15) is 8.42 Å². The Bertz CT molecular complexity index is 564. The topological polar surface area (TPSA) is 80.4 Å². The zero-order chi connectivity index (χ0) is 11.0. The molecule has 2 rings (SSSR count). The largest absolute Gasteiger partial charge is 0.399 e. The Balaban J connectivity index is 2.68. The van der Waals surface area contributed by atoms with Crippen LogP contribution in [0.2, 0.25) is 0 Å². The molecule has 1 aliphatic rings. The summed E-state index contributed by atoms with van der Waals surface area (Å²) in [6.07, 6.45) is 1.92. The van der Waals surface area contributed by atoms with Gasteiger partial charge in [0.2, 0.25) is 10.3 Å². The summed E-state index contributed by atoms with van der Waals surface area (Å²) in [6, 6.07) is 5.03. The first-order valence-corrected chi connectivity index (χ1v) is 5.39. The summed E-state index contributed by atoms with van der Waals surface area (Å²) in [5.41, 5.74) is 7.37. The van der Waals surface area contributed by atoms with Crippen LogP contribution < -0.4 is 5.73 Å². The molecule has 1 atom stereocenters. The highest BCUT2D eigenvalue weighted by Crippen LogP contribution is 2.27. The second-order valence-electron chi connectivity index (χ2n) is 3.26. The molecule has 3 N–H and O–H groups in total. The van der Waals surface area contributed by atoms with E-state index in [9.17, 15) is 13.5 Å². The van der Waals surface area contributed by atoms with Crippen LogP contribution in [0.5, 0.6) is 0 Å². The highest BCUT2D eigenvalue weighted by molar-refractivity contribution is 7.73. The van der Waals surface area contributed by atoms with Gasteiger partial charge in [0.05, 0.1) is 0 Å². The van der Waals surface area contributed by atoms with E-state index in [2.05, 4.69) is 0 Å². The molecule has 1 aromatic rings. The number of fused-ring (bicyclic) bond motifs is 1. The summed E-state index contributed by atoms with van der Waals surface area (Å²) >= 11 is 0. The minimum Gasteiger partial charge on any atom is -0.399 e. The van der Waals surface area contributed by atoms with Crippen molar-refractivity contribution < 1.29 is 13.5 Å². The first-order chi connectivity index (χ1) is 7.09. The predicted molar refractivity (Wildman–Crippen MR) is 58.8 cm³/mol. The average molecular weight is 223 g/mol. The smallest absolute Gasteiger partial charge is 0.220 e. The Kier molecular flexibility index (Phi) is 2.34. The van der Waals surface area contributed by atoms with Gasteiger partial charge in [0.1, 0.15) is 11.0 Å². The van der Waals surface area contributed by atoms with Gasteiger partial charge in [0, 0.05) is 5.69 Å². The van der Waals surface area contributed by atoms with E-state index < -0.39 is 16.4 Å². The minimum absolute atomic E-state index is 0.0342. The molecule has 15 heavy (non-hydrogen) atoms. The molecular formula is C10H9NO3S. The summed E-state index contributed by atoms with van der Waals surface area (Å²) in [5.74, 6) is 0. The molecule has 0 aromatic heterocycles.